The number of aromatic nitrogens is 1. The molecule has 1 fully saturated rings. The van der Waals surface area contributed by atoms with Gasteiger partial charge in [-0.2, -0.15) is 0 Å². The van der Waals surface area contributed by atoms with Crippen LogP contribution in [0.3, 0.4) is 0 Å². The molecule has 0 aromatic carbocycles. The number of anilines is 1. The van der Waals surface area contributed by atoms with E-state index in [-0.39, 0.29) is 12.0 Å². The van der Waals surface area contributed by atoms with Crippen LogP contribution in [0.25, 0.3) is 0 Å². The lowest BCUT2D eigenvalue weighted by Gasteiger charge is -2.33. The summed E-state index contributed by atoms with van der Waals surface area (Å²) in [5.74, 6) is 0.326. The monoisotopic (exact) mass is 269 g/mol. The molecule has 1 amide bonds. The summed E-state index contributed by atoms with van der Waals surface area (Å²) in [6.07, 6.45) is 1.43. The Bertz CT molecular complexity index is 437. The highest BCUT2D eigenvalue weighted by molar-refractivity contribution is 7.17. The van der Waals surface area contributed by atoms with Crippen molar-refractivity contribution in [1.82, 2.24) is 9.88 Å². The van der Waals surface area contributed by atoms with Crippen molar-refractivity contribution in [3.05, 3.63) is 10.6 Å². The van der Waals surface area contributed by atoms with Crippen LogP contribution < -0.4 is 5.73 Å². The number of amides is 1. The number of likely N-dealkylation sites (tertiary alicyclic amines) is 1. The topological polar surface area (TPSA) is 79.5 Å². The second-order valence-corrected chi connectivity index (χ2v) is 5.87. The SMILES string of the molecule is Cc1nc(N)sc1C(=O)N1CCC(C(C)O)CC1. The maximum absolute atomic E-state index is 12.3. The number of hydrogen-bond acceptors (Lipinski definition) is 5. The summed E-state index contributed by atoms with van der Waals surface area (Å²) in [5, 5.41) is 9.98. The summed E-state index contributed by atoms with van der Waals surface area (Å²) in [6, 6.07) is 0. The summed E-state index contributed by atoms with van der Waals surface area (Å²) in [5.41, 5.74) is 6.32. The predicted octanol–water partition coefficient (Wildman–Crippen LogP) is 1.27. The van der Waals surface area contributed by atoms with Gasteiger partial charge in [-0.25, -0.2) is 4.98 Å². The number of thiazole rings is 1. The van der Waals surface area contributed by atoms with Gasteiger partial charge in [-0.15, -0.1) is 0 Å². The van der Waals surface area contributed by atoms with E-state index in [0.29, 0.717) is 34.7 Å². The van der Waals surface area contributed by atoms with Crippen molar-refractivity contribution >= 4 is 22.4 Å². The third-order valence-electron chi connectivity index (χ3n) is 3.52. The van der Waals surface area contributed by atoms with Gasteiger partial charge in [-0.05, 0) is 32.6 Å². The summed E-state index contributed by atoms with van der Waals surface area (Å²) in [6.45, 7) is 5.02. The molecule has 1 aromatic heterocycles. The van der Waals surface area contributed by atoms with Gasteiger partial charge in [0.05, 0.1) is 11.8 Å². The van der Waals surface area contributed by atoms with Crippen molar-refractivity contribution in [3.8, 4) is 0 Å². The third kappa shape index (κ3) is 2.64. The molecule has 6 heteroatoms. The molecule has 0 radical (unpaired) electrons. The highest BCUT2D eigenvalue weighted by atomic mass is 32.1. The quantitative estimate of drug-likeness (QED) is 0.847. The zero-order valence-electron chi connectivity index (χ0n) is 10.7. The van der Waals surface area contributed by atoms with Gasteiger partial charge < -0.3 is 15.7 Å². The molecule has 1 unspecified atom stereocenters. The van der Waals surface area contributed by atoms with Crippen LogP contribution in [0.5, 0.6) is 0 Å². The molecule has 1 aliphatic heterocycles. The lowest BCUT2D eigenvalue weighted by molar-refractivity contribution is 0.0524. The Morgan fingerprint density at radius 1 is 1.56 bits per heavy atom. The number of hydrogen-bond donors (Lipinski definition) is 2. The van der Waals surface area contributed by atoms with Gasteiger partial charge in [0, 0.05) is 13.1 Å². The number of aryl methyl sites for hydroxylation is 1. The van der Waals surface area contributed by atoms with E-state index in [4.69, 9.17) is 5.73 Å². The van der Waals surface area contributed by atoms with Gasteiger partial charge in [0.2, 0.25) is 0 Å². The zero-order chi connectivity index (χ0) is 13.3. The van der Waals surface area contributed by atoms with E-state index in [1.807, 2.05) is 18.7 Å². The van der Waals surface area contributed by atoms with Gasteiger partial charge in [0.25, 0.3) is 5.91 Å². The Balaban J connectivity index is 2.02. The molecule has 0 saturated carbocycles. The smallest absolute Gasteiger partial charge is 0.265 e. The normalized spacial score (nSPS) is 18.9. The molecule has 0 aliphatic carbocycles. The van der Waals surface area contributed by atoms with Gasteiger partial charge in [-0.1, -0.05) is 11.3 Å². The fraction of sp³-hybridized carbons (Fsp3) is 0.667. The van der Waals surface area contributed by atoms with Crippen LogP contribution in [-0.2, 0) is 0 Å². The molecular formula is C12H19N3O2S. The standard InChI is InChI=1S/C12H19N3O2S/c1-7-10(18-12(13)14-7)11(17)15-5-3-9(4-6-15)8(2)16/h8-9,16H,3-6H2,1-2H3,(H2,13,14). The minimum atomic E-state index is -0.289. The van der Waals surface area contributed by atoms with Crippen LogP contribution >= 0.6 is 11.3 Å². The lowest BCUT2D eigenvalue weighted by atomic mass is 9.92. The van der Waals surface area contributed by atoms with E-state index in [0.717, 1.165) is 12.8 Å². The Morgan fingerprint density at radius 3 is 2.61 bits per heavy atom. The van der Waals surface area contributed by atoms with E-state index >= 15 is 0 Å². The number of nitrogens with zero attached hydrogens (tertiary/aromatic N) is 2. The van der Waals surface area contributed by atoms with Crippen LogP contribution in [0.2, 0.25) is 0 Å². The molecule has 1 aliphatic rings. The first kappa shape index (κ1) is 13.3. The van der Waals surface area contributed by atoms with Crippen molar-refractivity contribution in [3.63, 3.8) is 0 Å². The molecular weight excluding hydrogens is 250 g/mol. The third-order valence-corrected chi connectivity index (χ3v) is 4.49. The minimum Gasteiger partial charge on any atom is -0.393 e. The summed E-state index contributed by atoms with van der Waals surface area (Å²) >= 11 is 1.25. The number of carbonyl (C=O) groups excluding carboxylic acids is 1. The van der Waals surface area contributed by atoms with Crippen molar-refractivity contribution in [2.45, 2.75) is 32.8 Å². The molecule has 2 heterocycles. The van der Waals surface area contributed by atoms with E-state index in [1.54, 1.807) is 0 Å². The van der Waals surface area contributed by atoms with Crippen molar-refractivity contribution < 1.29 is 9.90 Å². The Labute approximate surface area is 111 Å². The number of aliphatic hydroxyl groups excluding tert-OH is 1. The molecule has 0 bridgehead atoms. The first-order chi connectivity index (χ1) is 8.49. The van der Waals surface area contributed by atoms with Crippen LogP contribution in [-0.4, -0.2) is 40.1 Å². The van der Waals surface area contributed by atoms with E-state index in [1.165, 1.54) is 11.3 Å². The number of rotatable bonds is 2. The number of carbonyl (C=O) groups is 1. The Hall–Kier alpha value is -1.14. The second kappa shape index (κ2) is 5.24. The Morgan fingerprint density at radius 2 is 2.17 bits per heavy atom. The number of nitrogen functional groups attached to an aromatic ring is 1. The average Bonchev–Trinajstić information content (AvgIpc) is 2.67. The molecule has 1 saturated heterocycles. The van der Waals surface area contributed by atoms with Gasteiger partial charge in [-0.3, -0.25) is 4.79 Å². The first-order valence-corrected chi connectivity index (χ1v) is 7.01. The molecule has 100 valence electrons. The molecule has 1 aromatic rings. The summed E-state index contributed by atoms with van der Waals surface area (Å²) in [4.78, 5) is 18.8. The molecule has 0 spiro atoms. The second-order valence-electron chi connectivity index (χ2n) is 4.84. The molecule has 3 N–H and O–H groups in total. The zero-order valence-corrected chi connectivity index (χ0v) is 11.5. The molecule has 18 heavy (non-hydrogen) atoms. The van der Waals surface area contributed by atoms with E-state index in [9.17, 15) is 9.90 Å². The highest BCUT2D eigenvalue weighted by Gasteiger charge is 2.27. The number of aliphatic hydroxyl groups is 1. The van der Waals surface area contributed by atoms with Crippen LogP contribution in [0.4, 0.5) is 5.13 Å². The highest BCUT2D eigenvalue weighted by Crippen LogP contribution is 2.25. The van der Waals surface area contributed by atoms with E-state index in [2.05, 4.69) is 4.98 Å². The fourth-order valence-corrected chi connectivity index (χ4v) is 3.15. The van der Waals surface area contributed by atoms with Gasteiger partial charge >= 0.3 is 0 Å². The number of nitrogens with two attached hydrogens (primary N) is 1. The number of piperidine rings is 1. The fourth-order valence-electron chi connectivity index (χ4n) is 2.34. The van der Waals surface area contributed by atoms with Crippen molar-refractivity contribution in [1.29, 1.82) is 0 Å². The molecule has 1 atom stereocenters. The largest absolute Gasteiger partial charge is 0.393 e. The summed E-state index contributed by atoms with van der Waals surface area (Å²) < 4.78 is 0. The van der Waals surface area contributed by atoms with Crippen LogP contribution in [0, 0.1) is 12.8 Å². The van der Waals surface area contributed by atoms with E-state index < -0.39 is 0 Å². The van der Waals surface area contributed by atoms with Crippen molar-refractivity contribution in [2.24, 2.45) is 5.92 Å². The molecule has 2 rings (SSSR count). The van der Waals surface area contributed by atoms with Crippen molar-refractivity contribution in [2.75, 3.05) is 18.8 Å². The summed E-state index contributed by atoms with van der Waals surface area (Å²) in [7, 11) is 0. The predicted molar refractivity (Wildman–Crippen MR) is 71.6 cm³/mol. The van der Waals surface area contributed by atoms with Crippen LogP contribution in [0.15, 0.2) is 0 Å². The maximum Gasteiger partial charge on any atom is 0.265 e. The average molecular weight is 269 g/mol. The van der Waals surface area contributed by atoms with Gasteiger partial charge in [0.1, 0.15) is 4.88 Å². The van der Waals surface area contributed by atoms with Crippen LogP contribution in [0.1, 0.15) is 35.1 Å². The molecule has 5 nitrogen and oxygen atoms in total. The first-order valence-electron chi connectivity index (χ1n) is 6.19. The van der Waals surface area contributed by atoms with Gasteiger partial charge in [0.15, 0.2) is 5.13 Å². The lowest BCUT2D eigenvalue weighted by Crippen LogP contribution is -2.40. The Kier molecular flexibility index (Phi) is 3.87. The maximum atomic E-state index is 12.3. The minimum absolute atomic E-state index is 0.0192.